The van der Waals surface area contributed by atoms with Gasteiger partial charge in [0.15, 0.2) is 0 Å². The fourth-order valence-electron chi connectivity index (χ4n) is 1.62. The lowest BCUT2D eigenvalue weighted by Gasteiger charge is -2.21. The van der Waals surface area contributed by atoms with Crippen molar-refractivity contribution in [2.75, 3.05) is 24.4 Å². The molecule has 0 saturated carbocycles. The van der Waals surface area contributed by atoms with Crippen LogP contribution in [0.3, 0.4) is 0 Å². The van der Waals surface area contributed by atoms with Crippen LogP contribution in [-0.2, 0) is 38.2 Å². The van der Waals surface area contributed by atoms with Crippen molar-refractivity contribution in [3.8, 4) is 0 Å². The lowest BCUT2D eigenvalue weighted by atomic mass is 10.2. The Labute approximate surface area is 228 Å². The predicted molar refractivity (Wildman–Crippen MR) is 140 cm³/mol. The summed E-state index contributed by atoms with van der Waals surface area (Å²) in [5.74, 6) is -4.93. The van der Waals surface area contributed by atoms with Gasteiger partial charge in [-0.25, -0.2) is 0 Å². The Hall–Kier alpha value is -2.68. The highest BCUT2D eigenvalue weighted by atomic mass is 32.2. The Balaban J connectivity index is -0.000000563. The second kappa shape index (κ2) is 22.3. The first kappa shape index (κ1) is 39.8. The zero-order valence-corrected chi connectivity index (χ0v) is 22.6. The van der Waals surface area contributed by atoms with Crippen LogP contribution in [0.15, 0.2) is 0 Å². The Morgan fingerprint density at radius 1 is 0.816 bits per heavy atom. The number of carboxylic acids is 3. The van der Waals surface area contributed by atoms with Gasteiger partial charge in [0.2, 0.25) is 5.91 Å². The fourth-order valence-corrected chi connectivity index (χ4v) is 2.26. The van der Waals surface area contributed by atoms with Gasteiger partial charge in [-0.05, 0) is 25.4 Å². The van der Waals surface area contributed by atoms with E-state index >= 15 is 0 Å². The summed E-state index contributed by atoms with van der Waals surface area (Å²) in [6, 6.07) is -5.39. The number of amides is 1. The molecule has 0 saturated heterocycles. The highest BCUT2D eigenvalue weighted by Gasteiger charge is 2.28. The van der Waals surface area contributed by atoms with Gasteiger partial charge in [0, 0.05) is 5.75 Å². The Kier molecular flexibility index (Phi) is 23.4. The molecule has 0 radical (unpaired) electrons. The number of ether oxygens (including phenoxy) is 2. The summed E-state index contributed by atoms with van der Waals surface area (Å²) in [7, 11) is 0. The van der Waals surface area contributed by atoms with Crippen LogP contribution in [-0.4, -0.2) is 112 Å². The molecule has 0 aromatic carbocycles. The molecule has 0 unspecified atom stereocenters. The number of primary amides is 1. The second-order valence-corrected chi connectivity index (χ2v) is 8.72. The van der Waals surface area contributed by atoms with Crippen LogP contribution in [0.1, 0.15) is 19.8 Å². The normalized spacial score (nSPS) is 14.8. The van der Waals surface area contributed by atoms with E-state index in [1.54, 1.807) is 11.8 Å². The zero-order chi connectivity index (χ0) is 30.6. The third-order valence-electron chi connectivity index (χ3n) is 3.99. The molecule has 17 nitrogen and oxygen atoms in total. The van der Waals surface area contributed by atoms with Gasteiger partial charge in [0.25, 0.3) is 0 Å². The van der Waals surface area contributed by atoms with E-state index in [2.05, 4.69) is 23.1 Å². The molecule has 0 bridgehead atoms. The Bertz CT molecular complexity index is 777. The number of carboxylic acid groups (broad SMARTS) is 3. The lowest BCUT2D eigenvalue weighted by Crippen LogP contribution is -2.47. The molecule has 0 fully saturated rings. The maximum atomic E-state index is 11.5. The maximum Gasteiger partial charge on any atom is 0.326 e. The molecule has 38 heavy (non-hydrogen) atoms. The minimum atomic E-state index is -1.35. The molecule has 0 aliphatic heterocycles. The van der Waals surface area contributed by atoms with Crippen molar-refractivity contribution >= 4 is 60.1 Å². The summed E-state index contributed by atoms with van der Waals surface area (Å²) in [4.78, 5) is 63.3. The minimum absolute atomic E-state index is 0.0820. The number of thiol groups is 1. The minimum Gasteiger partial charge on any atom is -0.480 e. The smallest absolute Gasteiger partial charge is 0.326 e. The number of rotatable bonds is 15. The molecule has 0 aliphatic carbocycles. The molecule has 222 valence electrons. The first-order valence-corrected chi connectivity index (χ1v) is 12.7. The van der Waals surface area contributed by atoms with Gasteiger partial charge in [-0.1, -0.05) is 0 Å². The molecule has 0 rings (SSSR count). The largest absolute Gasteiger partial charge is 0.480 e. The second-order valence-electron chi connectivity index (χ2n) is 7.37. The van der Waals surface area contributed by atoms with Gasteiger partial charge in [0.1, 0.15) is 42.9 Å². The van der Waals surface area contributed by atoms with Crippen molar-refractivity contribution in [2.24, 2.45) is 34.4 Å². The highest BCUT2D eigenvalue weighted by Crippen LogP contribution is 2.02. The van der Waals surface area contributed by atoms with Crippen molar-refractivity contribution in [3.63, 3.8) is 0 Å². The summed E-state index contributed by atoms with van der Waals surface area (Å²) in [6.45, 7) is 0.852. The van der Waals surface area contributed by atoms with E-state index in [1.807, 2.05) is 6.26 Å². The van der Waals surface area contributed by atoms with Crippen LogP contribution in [0, 0.1) is 0 Å². The topological polar surface area (TPSA) is 338 Å². The summed E-state index contributed by atoms with van der Waals surface area (Å²) >= 11 is 5.43. The first-order chi connectivity index (χ1) is 17.4. The van der Waals surface area contributed by atoms with Crippen molar-refractivity contribution in [1.29, 1.82) is 0 Å². The lowest BCUT2D eigenvalue weighted by molar-refractivity contribution is -0.157. The van der Waals surface area contributed by atoms with Crippen LogP contribution in [0.4, 0.5) is 0 Å². The summed E-state index contributed by atoms with van der Waals surface area (Å²) in [5.41, 5.74) is 30.8. The van der Waals surface area contributed by atoms with Crippen LogP contribution < -0.4 is 34.4 Å². The van der Waals surface area contributed by atoms with Gasteiger partial charge in [-0.3, -0.25) is 28.8 Å². The third kappa shape index (κ3) is 21.4. The number of hydrogen-bond donors (Lipinski definition) is 10. The van der Waals surface area contributed by atoms with E-state index in [1.165, 1.54) is 6.92 Å². The van der Waals surface area contributed by atoms with E-state index < -0.39 is 78.7 Å². The van der Waals surface area contributed by atoms with Gasteiger partial charge in [0.05, 0.1) is 6.42 Å². The zero-order valence-electron chi connectivity index (χ0n) is 20.9. The third-order valence-corrected chi connectivity index (χ3v) is 5.03. The van der Waals surface area contributed by atoms with E-state index in [9.17, 15) is 28.8 Å². The van der Waals surface area contributed by atoms with Crippen LogP contribution >= 0.6 is 24.4 Å². The number of thioether (sulfide) groups is 1. The monoisotopic (exact) mass is 590 g/mol. The first-order valence-electron chi connectivity index (χ1n) is 10.6. The molecular weight excluding hydrogens is 552 g/mol. The van der Waals surface area contributed by atoms with Gasteiger partial charge in [-0.15, -0.1) is 0 Å². The van der Waals surface area contributed by atoms with Gasteiger partial charge < -0.3 is 59.2 Å². The molecule has 0 aromatic heterocycles. The fraction of sp³-hybridized carbons (Fsp3) is 0.684. The summed E-state index contributed by atoms with van der Waals surface area (Å²) in [6.07, 6.45) is 1.18. The number of aliphatic carboxylic acids is 3. The van der Waals surface area contributed by atoms with Crippen LogP contribution in [0.5, 0.6) is 0 Å². The van der Waals surface area contributed by atoms with E-state index in [4.69, 9.17) is 48.7 Å². The molecule has 0 aromatic rings. The summed E-state index contributed by atoms with van der Waals surface area (Å²) in [5, 5.41) is 24.9. The Morgan fingerprint density at radius 3 is 1.63 bits per heavy atom. The molecular formula is C19H38N6O11S2. The number of esters is 2. The number of carbonyl (C=O) groups excluding carboxylic acids is 3. The number of hydrogen-bond acceptors (Lipinski definition) is 15. The van der Waals surface area contributed by atoms with Crippen molar-refractivity contribution < 1.29 is 53.6 Å². The van der Waals surface area contributed by atoms with Crippen molar-refractivity contribution in [3.05, 3.63) is 0 Å². The standard InChI is InChI=1S/C10H19N3O6S.C5H11NO2S.C4H8N2O3/c1-4(19-9(16)6(12)3-20)7(13)10(17)18-2-5(11)8(14)15;1-9-3-2-4(6)5(7)8;5-2(4(8)9)1-3(6)7/h4-7,20H,2-3,11-13H2,1H3,(H,14,15);4H,2-3,6H2,1H3,(H,7,8);2H,1,5H2,(H2,6,7)(H,8,9)/t4-,5+,6+,7+;4-;2-/m100/s1. The Morgan fingerprint density at radius 2 is 1.29 bits per heavy atom. The number of carbonyl (C=O) groups is 6. The average Bonchev–Trinajstić information content (AvgIpc) is 2.84. The van der Waals surface area contributed by atoms with E-state index in [-0.39, 0.29) is 12.2 Å². The molecule has 0 heterocycles. The SMILES string of the molecule is CSCC[C@H](N)C(=O)O.C[C@@H](OC(=O)[C@@H](N)CS)[C@H](N)C(=O)OC[C@H](N)C(=O)O.NC(=O)C[C@H](N)C(=O)O. The van der Waals surface area contributed by atoms with E-state index in [0.29, 0.717) is 6.42 Å². The van der Waals surface area contributed by atoms with Crippen LogP contribution in [0.2, 0.25) is 0 Å². The quantitative estimate of drug-likeness (QED) is 0.0639. The molecule has 0 spiro atoms. The molecule has 19 heteroatoms. The summed E-state index contributed by atoms with van der Waals surface area (Å²) < 4.78 is 9.46. The highest BCUT2D eigenvalue weighted by molar-refractivity contribution is 7.98. The predicted octanol–water partition coefficient (Wildman–Crippen LogP) is -4.12. The van der Waals surface area contributed by atoms with Gasteiger partial charge in [-0.2, -0.15) is 24.4 Å². The van der Waals surface area contributed by atoms with Crippen LogP contribution in [0.25, 0.3) is 0 Å². The average molecular weight is 591 g/mol. The number of nitrogens with two attached hydrogens (primary N) is 6. The molecule has 15 N–H and O–H groups in total. The van der Waals surface area contributed by atoms with Crippen molar-refractivity contribution in [2.45, 2.75) is 56.1 Å². The molecule has 1 amide bonds. The van der Waals surface area contributed by atoms with Gasteiger partial charge >= 0.3 is 29.8 Å². The van der Waals surface area contributed by atoms with E-state index in [0.717, 1.165) is 5.75 Å². The molecule has 0 aliphatic rings. The molecule has 6 atom stereocenters. The maximum absolute atomic E-state index is 11.5. The van der Waals surface area contributed by atoms with Crippen molar-refractivity contribution in [1.82, 2.24) is 0 Å².